The van der Waals surface area contributed by atoms with Crippen LogP contribution in [0.2, 0.25) is 0 Å². The average molecular weight is 303 g/mol. The molecule has 0 atom stereocenters. The Hall–Kier alpha value is -2.61. The summed E-state index contributed by atoms with van der Waals surface area (Å²) in [6, 6.07) is 18.6. The van der Waals surface area contributed by atoms with E-state index in [-0.39, 0.29) is 0 Å². The zero-order valence-corrected chi connectivity index (χ0v) is 13.8. The van der Waals surface area contributed by atoms with Gasteiger partial charge in [0.25, 0.3) is 0 Å². The number of pyridine rings is 1. The summed E-state index contributed by atoms with van der Waals surface area (Å²) in [6.07, 6.45) is 2.85. The first-order valence-corrected chi connectivity index (χ1v) is 7.97. The number of nitrogens with zero attached hydrogens (tertiary/aromatic N) is 1. The molecule has 0 radical (unpaired) electrons. The van der Waals surface area contributed by atoms with Gasteiger partial charge in [0.05, 0.1) is 0 Å². The van der Waals surface area contributed by atoms with Gasteiger partial charge in [-0.1, -0.05) is 43.3 Å². The highest BCUT2D eigenvalue weighted by Gasteiger charge is 2.07. The van der Waals surface area contributed by atoms with Gasteiger partial charge >= 0.3 is 0 Å². The third-order valence-corrected chi connectivity index (χ3v) is 4.06. The van der Waals surface area contributed by atoms with Gasteiger partial charge in [-0.3, -0.25) is 0 Å². The van der Waals surface area contributed by atoms with E-state index in [0.717, 1.165) is 12.2 Å². The van der Waals surface area contributed by atoms with Crippen LogP contribution in [-0.4, -0.2) is 4.98 Å². The van der Waals surface area contributed by atoms with Crippen LogP contribution < -0.4 is 4.74 Å². The lowest BCUT2D eigenvalue weighted by molar-refractivity contribution is 0.462. The molecule has 2 heteroatoms. The van der Waals surface area contributed by atoms with E-state index in [2.05, 4.69) is 68.2 Å². The van der Waals surface area contributed by atoms with Crippen molar-refractivity contribution >= 4 is 0 Å². The van der Waals surface area contributed by atoms with Crippen molar-refractivity contribution in [2.45, 2.75) is 27.2 Å². The predicted molar refractivity (Wildman–Crippen MR) is 95.0 cm³/mol. The number of hydrogen-bond donors (Lipinski definition) is 0. The minimum atomic E-state index is 0.630. The maximum atomic E-state index is 5.87. The minimum absolute atomic E-state index is 0.630. The number of aromatic nitrogens is 1. The van der Waals surface area contributed by atoms with Gasteiger partial charge in [-0.25, -0.2) is 4.98 Å². The van der Waals surface area contributed by atoms with Crippen LogP contribution in [0.5, 0.6) is 11.6 Å². The Balaban J connectivity index is 1.85. The molecule has 0 aliphatic heterocycles. The average Bonchev–Trinajstić information content (AvgIpc) is 2.57. The number of hydrogen-bond acceptors (Lipinski definition) is 2. The van der Waals surface area contributed by atoms with Gasteiger partial charge in [0.2, 0.25) is 5.88 Å². The fraction of sp³-hybridized carbons (Fsp3) is 0.190. The third-order valence-electron chi connectivity index (χ3n) is 4.06. The van der Waals surface area contributed by atoms with E-state index in [1.165, 1.54) is 27.8 Å². The first kappa shape index (κ1) is 15.3. The first-order valence-electron chi connectivity index (χ1n) is 7.97. The second-order valence-electron chi connectivity index (χ2n) is 5.75. The summed E-state index contributed by atoms with van der Waals surface area (Å²) < 4.78 is 5.87. The van der Waals surface area contributed by atoms with Crippen LogP contribution in [0.25, 0.3) is 11.1 Å². The number of rotatable bonds is 4. The van der Waals surface area contributed by atoms with Gasteiger partial charge < -0.3 is 4.74 Å². The van der Waals surface area contributed by atoms with Crippen molar-refractivity contribution in [2.24, 2.45) is 0 Å². The van der Waals surface area contributed by atoms with Crippen molar-refractivity contribution in [3.05, 3.63) is 77.5 Å². The highest BCUT2D eigenvalue weighted by molar-refractivity contribution is 5.71. The summed E-state index contributed by atoms with van der Waals surface area (Å²) in [6.45, 7) is 6.37. The molecule has 2 nitrogen and oxygen atoms in total. The lowest BCUT2D eigenvalue weighted by Gasteiger charge is -2.11. The summed E-state index contributed by atoms with van der Waals surface area (Å²) in [5, 5.41) is 0. The highest BCUT2D eigenvalue weighted by atomic mass is 16.5. The Labute approximate surface area is 137 Å². The van der Waals surface area contributed by atoms with Crippen LogP contribution in [0, 0.1) is 13.8 Å². The van der Waals surface area contributed by atoms with Crippen molar-refractivity contribution in [3.63, 3.8) is 0 Å². The standard InChI is InChI=1S/C21H21NO/c1-4-17-9-12-21(22-14-17)23-18-10-11-20(16(3)13-18)19-8-6-5-7-15(19)2/h5-14H,4H2,1-3H3. The van der Waals surface area contributed by atoms with E-state index in [9.17, 15) is 0 Å². The van der Waals surface area contributed by atoms with Crippen molar-refractivity contribution in [1.82, 2.24) is 4.98 Å². The zero-order chi connectivity index (χ0) is 16.2. The van der Waals surface area contributed by atoms with E-state index in [0.29, 0.717) is 5.88 Å². The van der Waals surface area contributed by atoms with E-state index >= 15 is 0 Å². The molecule has 1 aromatic heterocycles. The minimum Gasteiger partial charge on any atom is -0.439 e. The molecule has 0 spiro atoms. The van der Waals surface area contributed by atoms with Gasteiger partial charge in [0.15, 0.2) is 0 Å². The molecule has 0 N–H and O–H groups in total. The predicted octanol–water partition coefficient (Wildman–Crippen LogP) is 5.72. The molecule has 0 aliphatic carbocycles. The molecule has 0 fully saturated rings. The second kappa shape index (κ2) is 6.66. The monoisotopic (exact) mass is 303 g/mol. The van der Waals surface area contributed by atoms with E-state index in [1.807, 2.05) is 18.3 Å². The largest absolute Gasteiger partial charge is 0.439 e. The van der Waals surface area contributed by atoms with Gasteiger partial charge in [-0.15, -0.1) is 0 Å². The first-order chi connectivity index (χ1) is 11.2. The number of benzene rings is 2. The van der Waals surface area contributed by atoms with Crippen LogP contribution in [0.1, 0.15) is 23.6 Å². The van der Waals surface area contributed by atoms with Gasteiger partial charge in [0.1, 0.15) is 5.75 Å². The molecule has 0 aliphatic rings. The fourth-order valence-corrected chi connectivity index (χ4v) is 2.68. The molecule has 116 valence electrons. The summed E-state index contributed by atoms with van der Waals surface area (Å²) in [4.78, 5) is 4.35. The quantitative estimate of drug-likeness (QED) is 0.615. The Morgan fingerprint density at radius 1 is 0.870 bits per heavy atom. The van der Waals surface area contributed by atoms with Crippen molar-refractivity contribution in [3.8, 4) is 22.8 Å². The van der Waals surface area contributed by atoms with Crippen LogP contribution >= 0.6 is 0 Å². The fourth-order valence-electron chi connectivity index (χ4n) is 2.68. The maximum absolute atomic E-state index is 5.87. The molecule has 0 bridgehead atoms. The summed E-state index contributed by atoms with van der Waals surface area (Å²) in [5.41, 5.74) is 6.19. The lowest BCUT2D eigenvalue weighted by atomic mass is 9.97. The smallest absolute Gasteiger partial charge is 0.219 e. The molecule has 0 saturated heterocycles. The van der Waals surface area contributed by atoms with E-state index < -0.39 is 0 Å². The van der Waals surface area contributed by atoms with Gasteiger partial charge in [-0.05, 0) is 60.2 Å². The molecular formula is C21H21NO. The second-order valence-corrected chi connectivity index (χ2v) is 5.75. The Bertz CT molecular complexity index is 806. The van der Waals surface area contributed by atoms with E-state index in [1.54, 1.807) is 0 Å². The summed E-state index contributed by atoms with van der Waals surface area (Å²) in [5.74, 6) is 1.45. The normalized spacial score (nSPS) is 10.6. The maximum Gasteiger partial charge on any atom is 0.219 e. The number of aryl methyl sites for hydroxylation is 3. The van der Waals surface area contributed by atoms with Crippen LogP contribution in [0.15, 0.2) is 60.8 Å². The van der Waals surface area contributed by atoms with Crippen LogP contribution in [0.4, 0.5) is 0 Å². The van der Waals surface area contributed by atoms with Gasteiger partial charge in [0, 0.05) is 12.3 Å². The van der Waals surface area contributed by atoms with Crippen molar-refractivity contribution in [2.75, 3.05) is 0 Å². The molecule has 3 rings (SSSR count). The molecule has 1 heterocycles. The molecule has 0 saturated carbocycles. The summed E-state index contributed by atoms with van der Waals surface area (Å²) >= 11 is 0. The molecular weight excluding hydrogens is 282 g/mol. The topological polar surface area (TPSA) is 22.1 Å². The Kier molecular flexibility index (Phi) is 4.42. The van der Waals surface area contributed by atoms with Crippen LogP contribution in [-0.2, 0) is 6.42 Å². The highest BCUT2D eigenvalue weighted by Crippen LogP contribution is 2.30. The molecule has 0 amide bonds. The molecule has 0 unspecified atom stereocenters. The zero-order valence-electron chi connectivity index (χ0n) is 13.8. The molecule has 3 aromatic rings. The van der Waals surface area contributed by atoms with E-state index in [4.69, 9.17) is 4.74 Å². The molecule has 23 heavy (non-hydrogen) atoms. The van der Waals surface area contributed by atoms with Crippen molar-refractivity contribution in [1.29, 1.82) is 0 Å². The van der Waals surface area contributed by atoms with Gasteiger partial charge in [-0.2, -0.15) is 0 Å². The van der Waals surface area contributed by atoms with Crippen molar-refractivity contribution < 1.29 is 4.74 Å². The lowest BCUT2D eigenvalue weighted by Crippen LogP contribution is -1.91. The van der Waals surface area contributed by atoms with Crippen LogP contribution in [0.3, 0.4) is 0 Å². The number of ether oxygens (including phenoxy) is 1. The summed E-state index contributed by atoms with van der Waals surface area (Å²) in [7, 11) is 0. The third kappa shape index (κ3) is 3.42. The molecule has 2 aromatic carbocycles. The Morgan fingerprint density at radius 2 is 1.65 bits per heavy atom. The Morgan fingerprint density at radius 3 is 2.30 bits per heavy atom. The SMILES string of the molecule is CCc1ccc(Oc2ccc(-c3ccccc3C)c(C)c2)nc1.